The van der Waals surface area contributed by atoms with Crippen molar-refractivity contribution in [2.24, 2.45) is 0 Å². The smallest absolute Gasteiger partial charge is 0.347 e. The average Bonchev–Trinajstić information content (AvgIpc) is 2.97. The zero-order valence-electron chi connectivity index (χ0n) is 10.9. The number of hydrogen-bond donors (Lipinski definition) is 0. The zero-order chi connectivity index (χ0) is 15.4. The molecule has 0 radical (unpaired) electrons. The van der Waals surface area contributed by atoms with E-state index in [0.29, 0.717) is 16.3 Å². The molecule has 0 saturated heterocycles. The van der Waals surface area contributed by atoms with E-state index < -0.39 is 23.9 Å². The summed E-state index contributed by atoms with van der Waals surface area (Å²) in [6.07, 6.45) is 1.07. The third kappa shape index (κ3) is 1.54. The third-order valence-electron chi connectivity index (χ3n) is 3.62. The van der Waals surface area contributed by atoms with E-state index in [2.05, 4.69) is 9.47 Å². The molecule has 0 saturated carbocycles. The predicted molar refractivity (Wildman–Crippen MR) is 72.8 cm³/mol. The van der Waals surface area contributed by atoms with Crippen molar-refractivity contribution in [2.75, 3.05) is 0 Å². The van der Waals surface area contributed by atoms with Gasteiger partial charge in [-0.1, -0.05) is 24.3 Å². The van der Waals surface area contributed by atoms with Gasteiger partial charge in [-0.25, -0.2) is 19.2 Å². The minimum absolute atomic E-state index is 0.0520. The molecule has 6 nitrogen and oxygen atoms in total. The van der Waals surface area contributed by atoms with E-state index >= 15 is 0 Å². The molecule has 0 fully saturated rings. The molecule has 0 aromatic heterocycles. The molecule has 106 valence electrons. The average molecular weight is 294 g/mol. The van der Waals surface area contributed by atoms with Crippen LogP contribution in [0.15, 0.2) is 36.4 Å². The van der Waals surface area contributed by atoms with Crippen LogP contribution in [0, 0.1) is 0 Å². The van der Waals surface area contributed by atoms with Crippen LogP contribution in [-0.4, -0.2) is 23.9 Å². The number of carbonyl (C=O) groups excluding carboxylic acids is 4. The van der Waals surface area contributed by atoms with Crippen molar-refractivity contribution in [3.05, 3.63) is 53.1 Å². The number of rotatable bonds is 1. The summed E-state index contributed by atoms with van der Waals surface area (Å²) >= 11 is 0. The Bertz CT molecular complexity index is 951. The number of benzene rings is 2. The van der Waals surface area contributed by atoms with E-state index in [1.807, 2.05) is 0 Å². The fourth-order valence-electron chi connectivity index (χ4n) is 2.71. The molecular weight excluding hydrogens is 288 g/mol. The highest BCUT2D eigenvalue weighted by Crippen LogP contribution is 2.35. The first-order valence-corrected chi connectivity index (χ1v) is 6.37. The highest BCUT2D eigenvalue weighted by molar-refractivity contribution is 6.32. The van der Waals surface area contributed by atoms with Crippen LogP contribution in [0.1, 0.15) is 26.3 Å². The maximum atomic E-state index is 11.8. The van der Waals surface area contributed by atoms with Crippen LogP contribution in [0.25, 0.3) is 16.3 Å². The monoisotopic (exact) mass is 294 g/mol. The fourth-order valence-corrected chi connectivity index (χ4v) is 2.71. The van der Waals surface area contributed by atoms with Gasteiger partial charge in [0.25, 0.3) is 0 Å². The maximum Gasteiger partial charge on any atom is 0.347 e. The Balaban J connectivity index is 2.12. The summed E-state index contributed by atoms with van der Waals surface area (Å²) in [5.74, 6) is -3.04. The second-order valence-corrected chi connectivity index (χ2v) is 4.84. The Hall–Kier alpha value is -3.28. The zero-order valence-corrected chi connectivity index (χ0v) is 10.9. The Kier molecular flexibility index (Phi) is 2.33. The lowest BCUT2D eigenvalue weighted by atomic mass is 9.92. The second-order valence-electron chi connectivity index (χ2n) is 4.84. The molecule has 22 heavy (non-hydrogen) atoms. The Morgan fingerprint density at radius 3 is 2.14 bits per heavy atom. The lowest BCUT2D eigenvalue weighted by Gasteiger charge is -2.08. The molecule has 2 aliphatic heterocycles. The number of esters is 4. The molecule has 0 N–H and O–H groups in total. The minimum Gasteiger partial charge on any atom is -0.386 e. The normalized spacial score (nSPS) is 16.6. The van der Waals surface area contributed by atoms with E-state index in [4.69, 9.17) is 0 Å². The van der Waals surface area contributed by atoms with Gasteiger partial charge in [-0.3, -0.25) is 0 Å². The summed E-state index contributed by atoms with van der Waals surface area (Å²) in [6.45, 7) is 0. The molecule has 2 aliphatic rings. The molecule has 0 atom stereocenters. The van der Waals surface area contributed by atoms with Crippen LogP contribution in [0.3, 0.4) is 0 Å². The van der Waals surface area contributed by atoms with Crippen molar-refractivity contribution in [3.63, 3.8) is 0 Å². The highest BCUT2D eigenvalue weighted by atomic mass is 16.6. The number of carbonyl (C=O) groups is 4. The van der Waals surface area contributed by atoms with Crippen molar-refractivity contribution in [3.8, 4) is 0 Å². The van der Waals surface area contributed by atoms with E-state index in [-0.39, 0.29) is 16.7 Å². The summed E-state index contributed by atoms with van der Waals surface area (Å²) in [6, 6.07) is 8.16. The van der Waals surface area contributed by atoms with Crippen LogP contribution in [0.5, 0.6) is 0 Å². The summed E-state index contributed by atoms with van der Waals surface area (Å²) in [7, 11) is 0. The minimum atomic E-state index is -0.784. The molecular formula is C16H6O6. The standard InChI is InChI=1S/C16H6O6/c17-12-6-10(14(18)21-12)9-5-11-13(16(20)22-15(11)19)8-4-2-1-3-7(8)9/h1-6H. The maximum absolute atomic E-state index is 11.8. The van der Waals surface area contributed by atoms with Crippen molar-refractivity contribution in [2.45, 2.75) is 0 Å². The largest absolute Gasteiger partial charge is 0.386 e. The molecule has 2 aromatic rings. The molecule has 2 aromatic carbocycles. The Labute approximate surface area is 122 Å². The number of fused-ring (bicyclic) bond motifs is 3. The Morgan fingerprint density at radius 2 is 1.45 bits per heavy atom. The van der Waals surface area contributed by atoms with Gasteiger partial charge in [0.2, 0.25) is 0 Å². The lowest BCUT2D eigenvalue weighted by Crippen LogP contribution is -2.03. The quantitative estimate of drug-likeness (QED) is 0.586. The van der Waals surface area contributed by atoms with E-state index in [1.165, 1.54) is 6.07 Å². The van der Waals surface area contributed by atoms with Gasteiger partial charge >= 0.3 is 23.9 Å². The van der Waals surface area contributed by atoms with Crippen LogP contribution in [0.2, 0.25) is 0 Å². The summed E-state index contributed by atoms with van der Waals surface area (Å²) in [5.41, 5.74) is 0.655. The van der Waals surface area contributed by atoms with Crippen LogP contribution < -0.4 is 0 Å². The van der Waals surface area contributed by atoms with Gasteiger partial charge in [-0.15, -0.1) is 0 Å². The van der Waals surface area contributed by atoms with Crippen LogP contribution in [0.4, 0.5) is 0 Å². The van der Waals surface area contributed by atoms with Gasteiger partial charge in [-0.05, 0) is 22.4 Å². The van der Waals surface area contributed by atoms with Crippen LogP contribution >= 0.6 is 0 Å². The van der Waals surface area contributed by atoms with E-state index in [0.717, 1.165) is 6.08 Å². The summed E-state index contributed by atoms with van der Waals surface area (Å²) in [5, 5.41) is 1.05. The molecule has 0 bridgehead atoms. The number of ether oxygens (including phenoxy) is 2. The van der Waals surface area contributed by atoms with Gasteiger partial charge in [-0.2, -0.15) is 0 Å². The fraction of sp³-hybridized carbons (Fsp3) is 0. The van der Waals surface area contributed by atoms with Gasteiger partial charge in [0.05, 0.1) is 16.7 Å². The Morgan fingerprint density at radius 1 is 0.727 bits per heavy atom. The molecule has 0 amide bonds. The van der Waals surface area contributed by atoms with Crippen molar-refractivity contribution >= 4 is 40.2 Å². The molecule has 0 unspecified atom stereocenters. The first-order valence-electron chi connectivity index (χ1n) is 6.37. The molecule has 6 heteroatoms. The lowest BCUT2D eigenvalue weighted by molar-refractivity contribution is -0.149. The molecule has 2 heterocycles. The predicted octanol–water partition coefficient (Wildman–Crippen LogP) is 1.62. The summed E-state index contributed by atoms with van der Waals surface area (Å²) < 4.78 is 9.12. The van der Waals surface area contributed by atoms with E-state index in [1.54, 1.807) is 24.3 Å². The van der Waals surface area contributed by atoms with Gasteiger partial charge in [0.15, 0.2) is 0 Å². The first-order chi connectivity index (χ1) is 10.6. The van der Waals surface area contributed by atoms with Crippen molar-refractivity contribution in [1.82, 2.24) is 0 Å². The van der Waals surface area contributed by atoms with Crippen LogP contribution in [-0.2, 0) is 19.1 Å². The first kappa shape index (κ1) is 12.5. The molecule has 0 aliphatic carbocycles. The van der Waals surface area contributed by atoms with Gasteiger partial charge in [0.1, 0.15) is 0 Å². The SMILES string of the molecule is O=C1C=C(c2cc3c(c4ccccc24)C(=O)OC3=O)C(=O)O1. The summed E-state index contributed by atoms with van der Waals surface area (Å²) in [4.78, 5) is 46.7. The molecule has 4 rings (SSSR count). The topological polar surface area (TPSA) is 86.7 Å². The molecule has 0 spiro atoms. The third-order valence-corrected chi connectivity index (χ3v) is 3.62. The number of hydrogen-bond acceptors (Lipinski definition) is 6. The van der Waals surface area contributed by atoms with Crippen molar-refractivity contribution < 1.29 is 28.7 Å². The van der Waals surface area contributed by atoms with Gasteiger partial charge in [0, 0.05) is 6.08 Å². The highest BCUT2D eigenvalue weighted by Gasteiger charge is 2.35. The second kappa shape index (κ2) is 4.11. The number of cyclic esters (lactones) is 4. The van der Waals surface area contributed by atoms with Gasteiger partial charge < -0.3 is 9.47 Å². The van der Waals surface area contributed by atoms with E-state index in [9.17, 15) is 19.2 Å². The van der Waals surface area contributed by atoms with Crippen molar-refractivity contribution in [1.29, 1.82) is 0 Å².